The van der Waals surface area contributed by atoms with Gasteiger partial charge in [0.15, 0.2) is 0 Å². The molecule has 0 aromatic carbocycles. The lowest BCUT2D eigenvalue weighted by Gasteiger charge is -2.40. The zero-order valence-corrected chi connectivity index (χ0v) is 5.65. The summed E-state index contributed by atoms with van der Waals surface area (Å²) in [5, 5.41) is 9.49. The van der Waals surface area contributed by atoms with Crippen molar-refractivity contribution in [1.29, 1.82) is 0 Å². The first kappa shape index (κ1) is 6.09. The molecule has 8 heavy (non-hydrogen) atoms. The predicted octanol–water partition coefficient (Wildman–Crippen LogP) is 1.56. The van der Waals surface area contributed by atoms with Crippen molar-refractivity contribution < 1.29 is 5.11 Å². The monoisotopic (exact) mass is 114 g/mol. The van der Waals surface area contributed by atoms with Crippen LogP contribution in [-0.4, -0.2) is 10.7 Å². The maximum absolute atomic E-state index is 9.49. The molecule has 1 saturated carbocycles. The predicted molar refractivity (Wildman–Crippen MR) is 33.6 cm³/mol. The largest absolute Gasteiger partial charge is 0.390 e. The van der Waals surface area contributed by atoms with Crippen LogP contribution in [0.5, 0.6) is 0 Å². The molecule has 1 nitrogen and oxygen atoms in total. The molecule has 0 aromatic rings. The summed E-state index contributed by atoms with van der Waals surface area (Å²) in [5.74, 6) is 0.455. The molecule has 0 saturated heterocycles. The van der Waals surface area contributed by atoms with Crippen LogP contribution in [0.2, 0.25) is 0 Å². The van der Waals surface area contributed by atoms with Gasteiger partial charge in [-0.15, -0.1) is 0 Å². The summed E-state index contributed by atoms with van der Waals surface area (Å²) in [6.45, 7) is 4.16. The van der Waals surface area contributed by atoms with Crippen LogP contribution in [0.1, 0.15) is 33.1 Å². The molecule has 0 spiro atoms. The first-order valence-corrected chi connectivity index (χ1v) is 3.37. The Morgan fingerprint density at radius 1 is 1.38 bits per heavy atom. The Morgan fingerprint density at radius 3 is 1.88 bits per heavy atom. The summed E-state index contributed by atoms with van der Waals surface area (Å²) in [5.41, 5.74) is -0.278. The average Bonchev–Trinajstić information content (AvgIpc) is 1.60. The number of aliphatic hydroxyl groups is 1. The molecule has 1 aliphatic rings. The Hall–Kier alpha value is -0.0400. The van der Waals surface area contributed by atoms with Gasteiger partial charge >= 0.3 is 0 Å². The molecule has 0 heterocycles. The van der Waals surface area contributed by atoms with E-state index in [0.29, 0.717) is 5.92 Å². The van der Waals surface area contributed by atoms with Gasteiger partial charge in [0.2, 0.25) is 0 Å². The van der Waals surface area contributed by atoms with Crippen LogP contribution >= 0.6 is 0 Å². The van der Waals surface area contributed by atoms with E-state index >= 15 is 0 Å². The van der Waals surface area contributed by atoms with E-state index < -0.39 is 0 Å². The molecular formula is C7H14O. The van der Waals surface area contributed by atoms with Crippen molar-refractivity contribution in [3.8, 4) is 0 Å². The third-order valence-electron chi connectivity index (χ3n) is 2.29. The average molecular weight is 114 g/mol. The van der Waals surface area contributed by atoms with Crippen molar-refractivity contribution in [3.63, 3.8) is 0 Å². The topological polar surface area (TPSA) is 20.2 Å². The lowest BCUT2D eigenvalue weighted by molar-refractivity contribution is -0.0719. The van der Waals surface area contributed by atoms with E-state index in [1.54, 1.807) is 0 Å². The Bertz CT molecular complexity index is 82.4. The maximum Gasteiger partial charge on any atom is 0.0670 e. The van der Waals surface area contributed by atoms with E-state index in [1.165, 1.54) is 6.42 Å². The van der Waals surface area contributed by atoms with Crippen molar-refractivity contribution in [2.75, 3.05) is 0 Å². The second-order valence-corrected chi connectivity index (χ2v) is 3.11. The van der Waals surface area contributed by atoms with Crippen LogP contribution in [0.25, 0.3) is 0 Å². The van der Waals surface area contributed by atoms with Gasteiger partial charge < -0.3 is 5.11 Å². The first-order chi connectivity index (χ1) is 3.65. The third kappa shape index (κ3) is 0.752. The molecule has 0 aromatic heterocycles. The zero-order valence-electron chi connectivity index (χ0n) is 5.65. The Labute approximate surface area is 50.7 Å². The van der Waals surface area contributed by atoms with Crippen LogP contribution in [0.4, 0.5) is 0 Å². The van der Waals surface area contributed by atoms with E-state index in [2.05, 4.69) is 13.8 Å². The smallest absolute Gasteiger partial charge is 0.0670 e. The van der Waals surface area contributed by atoms with Crippen molar-refractivity contribution in [3.05, 3.63) is 0 Å². The second kappa shape index (κ2) is 1.73. The van der Waals surface area contributed by atoms with E-state index in [-0.39, 0.29) is 5.60 Å². The van der Waals surface area contributed by atoms with Gasteiger partial charge in [-0.1, -0.05) is 13.8 Å². The summed E-state index contributed by atoms with van der Waals surface area (Å²) in [7, 11) is 0. The fourth-order valence-corrected chi connectivity index (χ4v) is 1.12. The highest BCUT2D eigenvalue weighted by atomic mass is 16.3. The van der Waals surface area contributed by atoms with Gasteiger partial charge in [-0.25, -0.2) is 0 Å². The second-order valence-electron chi connectivity index (χ2n) is 3.11. The highest BCUT2D eigenvalue weighted by Gasteiger charge is 2.36. The molecule has 0 aliphatic heterocycles. The molecule has 0 amide bonds. The van der Waals surface area contributed by atoms with E-state index in [9.17, 15) is 5.11 Å². The van der Waals surface area contributed by atoms with Crippen molar-refractivity contribution in [2.45, 2.75) is 38.7 Å². The molecule has 1 heteroatoms. The normalized spacial score (nSPS) is 25.5. The lowest BCUT2D eigenvalue weighted by atomic mass is 9.73. The highest BCUT2D eigenvalue weighted by molar-refractivity contribution is 4.89. The fourth-order valence-electron chi connectivity index (χ4n) is 1.12. The van der Waals surface area contributed by atoms with E-state index in [0.717, 1.165) is 12.8 Å². The van der Waals surface area contributed by atoms with E-state index in [1.807, 2.05) is 0 Å². The zero-order chi connectivity index (χ0) is 6.20. The lowest BCUT2D eigenvalue weighted by Crippen LogP contribution is -2.41. The maximum atomic E-state index is 9.49. The van der Waals surface area contributed by atoms with Crippen LogP contribution in [-0.2, 0) is 0 Å². The van der Waals surface area contributed by atoms with Gasteiger partial charge in [-0.05, 0) is 25.2 Å². The van der Waals surface area contributed by atoms with Gasteiger partial charge in [-0.3, -0.25) is 0 Å². The van der Waals surface area contributed by atoms with Crippen LogP contribution in [0.15, 0.2) is 0 Å². The third-order valence-corrected chi connectivity index (χ3v) is 2.29. The number of hydrogen-bond donors (Lipinski definition) is 1. The van der Waals surface area contributed by atoms with Crippen molar-refractivity contribution >= 4 is 0 Å². The molecule has 1 aliphatic carbocycles. The molecule has 1 rings (SSSR count). The number of rotatable bonds is 1. The van der Waals surface area contributed by atoms with Crippen LogP contribution < -0.4 is 0 Å². The molecule has 1 fully saturated rings. The summed E-state index contributed by atoms with van der Waals surface area (Å²) in [6.07, 6.45) is 3.25. The highest BCUT2D eigenvalue weighted by Crippen LogP contribution is 2.37. The van der Waals surface area contributed by atoms with Gasteiger partial charge in [0, 0.05) is 0 Å². The summed E-state index contributed by atoms with van der Waals surface area (Å²) in [6, 6.07) is 0. The molecule has 48 valence electrons. The minimum absolute atomic E-state index is 0.278. The minimum atomic E-state index is -0.278. The van der Waals surface area contributed by atoms with Crippen LogP contribution in [0.3, 0.4) is 0 Å². The fraction of sp³-hybridized carbons (Fsp3) is 1.00. The molecule has 0 radical (unpaired) electrons. The first-order valence-electron chi connectivity index (χ1n) is 3.37. The summed E-state index contributed by atoms with van der Waals surface area (Å²) >= 11 is 0. The van der Waals surface area contributed by atoms with Gasteiger partial charge in [0.25, 0.3) is 0 Å². The Morgan fingerprint density at radius 2 is 1.88 bits per heavy atom. The van der Waals surface area contributed by atoms with Crippen molar-refractivity contribution in [1.82, 2.24) is 0 Å². The standard InChI is InChI=1S/C7H14O/c1-6(2)7(8)4-3-5-7/h6,8H,3-5H2,1-2H3. The van der Waals surface area contributed by atoms with Crippen molar-refractivity contribution in [2.24, 2.45) is 5.92 Å². The molecule has 0 bridgehead atoms. The molecule has 0 unspecified atom stereocenters. The summed E-state index contributed by atoms with van der Waals surface area (Å²) < 4.78 is 0. The number of hydrogen-bond acceptors (Lipinski definition) is 1. The Balaban J connectivity index is 2.41. The summed E-state index contributed by atoms with van der Waals surface area (Å²) in [4.78, 5) is 0. The van der Waals surface area contributed by atoms with Crippen LogP contribution in [0, 0.1) is 5.92 Å². The van der Waals surface area contributed by atoms with Gasteiger partial charge in [0.05, 0.1) is 5.60 Å². The SMILES string of the molecule is CC(C)C1(O)CCC1. The quantitative estimate of drug-likeness (QED) is 0.548. The molecule has 1 N–H and O–H groups in total. The minimum Gasteiger partial charge on any atom is -0.390 e. The van der Waals surface area contributed by atoms with Gasteiger partial charge in [-0.2, -0.15) is 0 Å². The van der Waals surface area contributed by atoms with E-state index in [4.69, 9.17) is 0 Å². The van der Waals surface area contributed by atoms with Gasteiger partial charge in [0.1, 0.15) is 0 Å². The molecule has 0 atom stereocenters. The molecular weight excluding hydrogens is 100 g/mol. The Kier molecular flexibility index (Phi) is 1.31.